The van der Waals surface area contributed by atoms with Crippen LogP contribution in [0.15, 0.2) is 0 Å². The number of hydrogen-bond acceptors (Lipinski definition) is 4. The van der Waals surface area contributed by atoms with E-state index in [1.807, 2.05) is 0 Å². The van der Waals surface area contributed by atoms with Gasteiger partial charge in [0, 0.05) is 0 Å². The van der Waals surface area contributed by atoms with Gasteiger partial charge in [0.2, 0.25) is 0 Å². The van der Waals surface area contributed by atoms with E-state index in [1.165, 1.54) is 0 Å². The summed E-state index contributed by atoms with van der Waals surface area (Å²) in [6.45, 7) is 19.2. The van der Waals surface area contributed by atoms with Crippen molar-refractivity contribution in [1.29, 1.82) is 0 Å². The summed E-state index contributed by atoms with van der Waals surface area (Å²) in [5, 5.41) is 0. The molecule has 2 atom stereocenters. The smallest absolute Gasteiger partial charge is 0.135 e. The topological polar surface area (TPSA) is 36.9 Å². The zero-order valence-electron chi connectivity index (χ0n) is 18.2. The molecular weight excluding hydrogens is 316 g/mol. The molecule has 25 heavy (non-hydrogen) atoms. The van der Waals surface area contributed by atoms with Crippen molar-refractivity contribution >= 4 is 0 Å². The van der Waals surface area contributed by atoms with Crippen molar-refractivity contribution < 1.29 is 19.6 Å². The van der Waals surface area contributed by atoms with Gasteiger partial charge in [-0.3, -0.25) is 0 Å². The van der Waals surface area contributed by atoms with Crippen LogP contribution in [0.5, 0.6) is 0 Å². The first-order valence-electron chi connectivity index (χ1n) is 10.1. The molecule has 1 aliphatic rings. The molecule has 0 bridgehead atoms. The molecule has 4 nitrogen and oxygen atoms in total. The van der Waals surface area contributed by atoms with Gasteiger partial charge in [0.1, 0.15) is 11.7 Å². The van der Waals surface area contributed by atoms with Gasteiger partial charge in [0.25, 0.3) is 0 Å². The highest BCUT2D eigenvalue weighted by molar-refractivity contribution is 5.00. The summed E-state index contributed by atoms with van der Waals surface area (Å²) in [5.74, 6) is 0. The third kappa shape index (κ3) is 6.20. The van der Waals surface area contributed by atoms with Gasteiger partial charge >= 0.3 is 0 Å². The largest absolute Gasteiger partial charge is 0.230 e. The lowest BCUT2D eigenvalue weighted by molar-refractivity contribution is -0.478. The Morgan fingerprint density at radius 2 is 1.40 bits per heavy atom. The minimum Gasteiger partial charge on any atom is -0.230 e. The van der Waals surface area contributed by atoms with Gasteiger partial charge in [-0.15, -0.1) is 0 Å². The second-order valence-electron chi connectivity index (χ2n) is 9.74. The van der Waals surface area contributed by atoms with E-state index in [1.54, 1.807) is 0 Å². The van der Waals surface area contributed by atoms with Crippen molar-refractivity contribution in [3.05, 3.63) is 0 Å². The maximum atomic E-state index is 6.14. The van der Waals surface area contributed by atoms with Crippen LogP contribution in [0.1, 0.15) is 107 Å². The monoisotopic (exact) mass is 358 g/mol. The van der Waals surface area contributed by atoms with Crippen molar-refractivity contribution in [2.24, 2.45) is 5.41 Å². The Labute approximate surface area is 155 Å². The molecule has 150 valence electrons. The Morgan fingerprint density at radius 3 is 1.92 bits per heavy atom. The Balaban J connectivity index is 2.86. The first-order valence-corrected chi connectivity index (χ1v) is 10.1. The van der Waals surface area contributed by atoms with Crippen molar-refractivity contribution in [2.75, 3.05) is 0 Å². The molecule has 2 unspecified atom stereocenters. The molecule has 0 amide bonds. The van der Waals surface area contributed by atoms with Crippen molar-refractivity contribution in [3.63, 3.8) is 0 Å². The van der Waals surface area contributed by atoms with Crippen LogP contribution >= 0.6 is 0 Å². The van der Waals surface area contributed by atoms with E-state index >= 15 is 0 Å². The number of rotatable bonds is 10. The summed E-state index contributed by atoms with van der Waals surface area (Å²) in [6.07, 6.45) is 6.99. The zero-order chi connectivity index (χ0) is 19.4. The van der Waals surface area contributed by atoms with E-state index in [2.05, 4.69) is 62.3 Å². The van der Waals surface area contributed by atoms with Gasteiger partial charge in [-0.2, -0.15) is 0 Å². The highest BCUT2D eigenvalue weighted by Gasteiger charge is 2.54. The predicted molar refractivity (Wildman–Crippen MR) is 102 cm³/mol. The molecule has 0 aromatic heterocycles. The van der Waals surface area contributed by atoms with Crippen LogP contribution in [0.4, 0.5) is 0 Å². The third-order valence-corrected chi connectivity index (χ3v) is 5.76. The van der Waals surface area contributed by atoms with Crippen LogP contribution in [0, 0.1) is 5.41 Å². The second-order valence-corrected chi connectivity index (χ2v) is 9.74. The van der Waals surface area contributed by atoms with Crippen LogP contribution in [0.2, 0.25) is 0 Å². The van der Waals surface area contributed by atoms with Gasteiger partial charge < -0.3 is 0 Å². The summed E-state index contributed by atoms with van der Waals surface area (Å²) in [5.41, 5.74) is -1.22. The maximum Gasteiger partial charge on any atom is 0.135 e. The Hall–Kier alpha value is -0.160. The minimum absolute atomic E-state index is 0.0591. The molecule has 0 aliphatic heterocycles. The van der Waals surface area contributed by atoms with Crippen LogP contribution in [-0.4, -0.2) is 22.9 Å². The van der Waals surface area contributed by atoms with Crippen LogP contribution in [0.25, 0.3) is 0 Å². The van der Waals surface area contributed by atoms with Crippen molar-refractivity contribution in [1.82, 2.24) is 0 Å². The SMILES string of the molecule is CCCC(C)(C)OOC1CCCC(C)(C)C1(C)OOC(C)(C)CCC. The highest BCUT2D eigenvalue weighted by atomic mass is 17.2. The summed E-state index contributed by atoms with van der Waals surface area (Å²) in [6, 6.07) is 0. The average molecular weight is 359 g/mol. The molecule has 0 spiro atoms. The molecule has 0 heterocycles. The van der Waals surface area contributed by atoms with Crippen LogP contribution < -0.4 is 0 Å². The molecule has 1 rings (SSSR count). The normalized spacial score (nSPS) is 27.5. The second kappa shape index (κ2) is 8.69. The lowest BCUT2D eigenvalue weighted by Gasteiger charge is -2.51. The molecule has 4 heteroatoms. The molecule has 0 N–H and O–H groups in total. The summed E-state index contributed by atoms with van der Waals surface area (Å²) < 4.78 is 0. The first kappa shape index (κ1) is 22.9. The molecule has 0 radical (unpaired) electrons. The van der Waals surface area contributed by atoms with Gasteiger partial charge in [0.05, 0.1) is 11.2 Å². The van der Waals surface area contributed by atoms with E-state index < -0.39 is 5.60 Å². The molecule has 1 saturated carbocycles. The van der Waals surface area contributed by atoms with Crippen LogP contribution in [-0.2, 0) is 19.6 Å². The predicted octanol–water partition coefficient (Wildman–Crippen LogP) is 6.38. The molecule has 0 aromatic rings. The van der Waals surface area contributed by atoms with Gasteiger partial charge in [-0.25, -0.2) is 19.6 Å². The quantitative estimate of drug-likeness (QED) is 0.335. The lowest BCUT2D eigenvalue weighted by Crippen LogP contribution is -2.58. The maximum absolute atomic E-state index is 6.14. The Kier molecular flexibility index (Phi) is 7.95. The van der Waals surface area contributed by atoms with Gasteiger partial charge in [0.15, 0.2) is 0 Å². The summed E-state index contributed by atoms with van der Waals surface area (Å²) in [7, 11) is 0. The molecule has 1 fully saturated rings. The molecule has 0 saturated heterocycles. The van der Waals surface area contributed by atoms with Crippen molar-refractivity contribution in [3.8, 4) is 0 Å². The summed E-state index contributed by atoms with van der Waals surface area (Å²) >= 11 is 0. The van der Waals surface area contributed by atoms with Gasteiger partial charge in [-0.05, 0) is 72.1 Å². The molecular formula is C21H42O4. The average Bonchev–Trinajstić information content (AvgIpc) is 2.47. The van der Waals surface area contributed by atoms with Crippen molar-refractivity contribution in [2.45, 2.75) is 130 Å². The first-order chi connectivity index (χ1) is 11.4. The van der Waals surface area contributed by atoms with E-state index in [9.17, 15) is 0 Å². The zero-order valence-corrected chi connectivity index (χ0v) is 18.2. The molecule has 0 aromatic carbocycles. The van der Waals surface area contributed by atoms with E-state index in [-0.39, 0.29) is 22.7 Å². The Bertz CT molecular complexity index is 403. The standard InChI is InChI=1S/C21H42O4/c1-10-14-19(5,6)23-22-17-13-12-16-18(3,4)21(17,9)25-24-20(7,8)15-11-2/h17H,10-16H2,1-9H3. The Morgan fingerprint density at radius 1 is 0.880 bits per heavy atom. The fourth-order valence-electron chi connectivity index (χ4n) is 3.67. The fraction of sp³-hybridized carbons (Fsp3) is 1.00. The van der Waals surface area contributed by atoms with E-state index in [0.717, 1.165) is 44.9 Å². The highest BCUT2D eigenvalue weighted by Crippen LogP contribution is 2.48. The minimum atomic E-state index is -0.557. The van der Waals surface area contributed by atoms with E-state index in [4.69, 9.17) is 19.6 Å². The fourth-order valence-corrected chi connectivity index (χ4v) is 3.67. The summed E-state index contributed by atoms with van der Waals surface area (Å²) in [4.78, 5) is 23.9. The molecule has 1 aliphatic carbocycles. The third-order valence-electron chi connectivity index (χ3n) is 5.76. The van der Waals surface area contributed by atoms with Gasteiger partial charge in [-0.1, -0.05) is 40.5 Å². The lowest BCUT2D eigenvalue weighted by atomic mass is 9.65. The van der Waals surface area contributed by atoms with E-state index in [0.29, 0.717) is 0 Å². The van der Waals surface area contributed by atoms with Crippen LogP contribution in [0.3, 0.4) is 0 Å². The number of hydrogen-bond donors (Lipinski definition) is 0.